The average molecular weight is 155 g/mol. The summed E-state index contributed by atoms with van der Waals surface area (Å²) in [4.78, 5) is 0. The van der Waals surface area contributed by atoms with Crippen molar-refractivity contribution in [3.05, 3.63) is 0 Å². The van der Waals surface area contributed by atoms with Crippen LogP contribution in [0, 0.1) is 11.8 Å². The van der Waals surface area contributed by atoms with Gasteiger partial charge in [-0.2, -0.15) is 0 Å². The Hall–Kier alpha value is -0.0400. The van der Waals surface area contributed by atoms with Crippen molar-refractivity contribution in [3.8, 4) is 0 Å². The molecule has 0 spiro atoms. The molecule has 1 rings (SSSR count). The van der Waals surface area contributed by atoms with E-state index in [4.69, 9.17) is 0 Å². The Morgan fingerprint density at radius 2 is 2.09 bits per heavy atom. The summed E-state index contributed by atoms with van der Waals surface area (Å²) in [5.41, 5.74) is 0.360. The molecular weight excluding hydrogens is 134 g/mol. The van der Waals surface area contributed by atoms with Gasteiger partial charge in [0.05, 0.1) is 0 Å². The minimum Gasteiger partial charge on any atom is -0.312 e. The van der Waals surface area contributed by atoms with Gasteiger partial charge in [-0.15, -0.1) is 0 Å². The molecule has 1 heteroatoms. The van der Waals surface area contributed by atoms with Crippen LogP contribution in [0.15, 0.2) is 0 Å². The van der Waals surface area contributed by atoms with E-state index in [1.54, 1.807) is 0 Å². The van der Waals surface area contributed by atoms with Gasteiger partial charge in [-0.25, -0.2) is 0 Å². The molecule has 0 aromatic heterocycles. The Morgan fingerprint density at radius 3 is 2.55 bits per heavy atom. The van der Waals surface area contributed by atoms with E-state index in [1.165, 1.54) is 19.4 Å². The molecule has 1 heterocycles. The van der Waals surface area contributed by atoms with E-state index in [2.05, 4.69) is 33.0 Å². The van der Waals surface area contributed by atoms with Crippen LogP contribution in [0.4, 0.5) is 0 Å². The van der Waals surface area contributed by atoms with E-state index in [0.29, 0.717) is 5.54 Å². The number of nitrogens with one attached hydrogen (secondary N) is 1. The van der Waals surface area contributed by atoms with Crippen molar-refractivity contribution < 1.29 is 0 Å². The molecule has 1 N–H and O–H groups in total. The molecule has 0 bridgehead atoms. The van der Waals surface area contributed by atoms with Crippen molar-refractivity contribution >= 4 is 0 Å². The van der Waals surface area contributed by atoms with E-state index in [1.807, 2.05) is 0 Å². The predicted octanol–water partition coefficient (Wildman–Crippen LogP) is 2.42. The second-order valence-electron chi connectivity index (χ2n) is 4.39. The molecule has 2 unspecified atom stereocenters. The SMILES string of the molecule is CCC1CCNC(C)(C)C1C. The second-order valence-corrected chi connectivity index (χ2v) is 4.39. The Bertz CT molecular complexity index is 129. The van der Waals surface area contributed by atoms with Gasteiger partial charge in [0.1, 0.15) is 0 Å². The van der Waals surface area contributed by atoms with Crippen LogP contribution in [-0.2, 0) is 0 Å². The zero-order valence-corrected chi connectivity index (χ0v) is 8.28. The number of piperidine rings is 1. The van der Waals surface area contributed by atoms with Crippen LogP contribution in [0.1, 0.15) is 40.5 Å². The van der Waals surface area contributed by atoms with Crippen LogP contribution in [0.25, 0.3) is 0 Å². The molecule has 0 aliphatic carbocycles. The van der Waals surface area contributed by atoms with Gasteiger partial charge >= 0.3 is 0 Å². The third-order valence-electron chi connectivity index (χ3n) is 3.47. The standard InChI is InChI=1S/C10H21N/c1-5-9-6-7-11-10(3,4)8(9)2/h8-9,11H,5-7H2,1-4H3. The van der Waals surface area contributed by atoms with Gasteiger partial charge in [0.15, 0.2) is 0 Å². The van der Waals surface area contributed by atoms with Crippen LogP contribution in [0.5, 0.6) is 0 Å². The summed E-state index contributed by atoms with van der Waals surface area (Å²) in [5.74, 6) is 1.76. The highest BCUT2D eigenvalue weighted by Crippen LogP contribution is 2.32. The van der Waals surface area contributed by atoms with E-state index < -0.39 is 0 Å². The van der Waals surface area contributed by atoms with Crippen molar-refractivity contribution in [1.29, 1.82) is 0 Å². The molecule has 1 aliphatic rings. The van der Waals surface area contributed by atoms with Crippen molar-refractivity contribution in [2.24, 2.45) is 11.8 Å². The number of hydrogen-bond donors (Lipinski definition) is 1. The fraction of sp³-hybridized carbons (Fsp3) is 1.00. The van der Waals surface area contributed by atoms with Gasteiger partial charge in [-0.1, -0.05) is 20.3 Å². The summed E-state index contributed by atoms with van der Waals surface area (Å²) < 4.78 is 0. The predicted molar refractivity (Wildman–Crippen MR) is 49.6 cm³/mol. The monoisotopic (exact) mass is 155 g/mol. The summed E-state index contributed by atoms with van der Waals surface area (Å²) in [7, 11) is 0. The normalized spacial score (nSPS) is 37.1. The Kier molecular flexibility index (Phi) is 2.58. The summed E-state index contributed by atoms with van der Waals surface area (Å²) in [6.45, 7) is 10.5. The largest absolute Gasteiger partial charge is 0.312 e. The molecule has 0 amide bonds. The number of hydrogen-bond acceptors (Lipinski definition) is 1. The van der Waals surface area contributed by atoms with E-state index in [9.17, 15) is 0 Å². The third-order valence-corrected chi connectivity index (χ3v) is 3.47. The fourth-order valence-corrected chi connectivity index (χ4v) is 2.14. The Balaban J connectivity index is 2.60. The maximum atomic E-state index is 3.57. The molecule has 2 atom stereocenters. The molecular formula is C10H21N. The summed E-state index contributed by atoms with van der Waals surface area (Å²) in [6, 6.07) is 0. The first kappa shape index (κ1) is 9.05. The topological polar surface area (TPSA) is 12.0 Å². The first-order valence-corrected chi connectivity index (χ1v) is 4.83. The molecule has 1 saturated heterocycles. The molecule has 11 heavy (non-hydrogen) atoms. The third kappa shape index (κ3) is 1.76. The average Bonchev–Trinajstić information content (AvgIpc) is 1.95. The molecule has 0 aromatic rings. The fourth-order valence-electron chi connectivity index (χ4n) is 2.14. The van der Waals surface area contributed by atoms with Gasteiger partial charge in [0.2, 0.25) is 0 Å². The van der Waals surface area contributed by atoms with Crippen LogP contribution < -0.4 is 5.32 Å². The van der Waals surface area contributed by atoms with Crippen molar-refractivity contribution in [3.63, 3.8) is 0 Å². The maximum absolute atomic E-state index is 3.57. The minimum absolute atomic E-state index is 0.360. The van der Waals surface area contributed by atoms with Gasteiger partial charge < -0.3 is 5.32 Å². The molecule has 1 aliphatic heterocycles. The lowest BCUT2D eigenvalue weighted by atomic mass is 9.74. The molecule has 0 saturated carbocycles. The lowest BCUT2D eigenvalue weighted by molar-refractivity contribution is 0.135. The first-order chi connectivity index (χ1) is 5.08. The zero-order chi connectivity index (χ0) is 8.48. The van der Waals surface area contributed by atoms with E-state index in [-0.39, 0.29) is 0 Å². The molecule has 0 aromatic carbocycles. The van der Waals surface area contributed by atoms with Crippen molar-refractivity contribution in [1.82, 2.24) is 5.32 Å². The highest BCUT2D eigenvalue weighted by Gasteiger charge is 2.33. The highest BCUT2D eigenvalue weighted by molar-refractivity contribution is 4.91. The van der Waals surface area contributed by atoms with Gasteiger partial charge in [0.25, 0.3) is 0 Å². The summed E-state index contributed by atoms with van der Waals surface area (Å²) in [5, 5.41) is 3.57. The van der Waals surface area contributed by atoms with Gasteiger partial charge in [-0.05, 0) is 38.6 Å². The van der Waals surface area contributed by atoms with Crippen LogP contribution in [0.2, 0.25) is 0 Å². The summed E-state index contributed by atoms with van der Waals surface area (Å²) >= 11 is 0. The van der Waals surface area contributed by atoms with Gasteiger partial charge in [0, 0.05) is 5.54 Å². The molecule has 1 nitrogen and oxygen atoms in total. The van der Waals surface area contributed by atoms with Crippen LogP contribution in [-0.4, -0.2) is 12.1 Å². The van der Waals surface area contributed by atoms with Crippen LogP contribution >= 0.6 is 0 Å². The maximum Gasteiger partial charge on any atom is 0.0153 e. The Labute approximate surface area is 70.6 Å². The minimum atomic E-state index is 0.360. The first-order valence-electron chi connectivity index (χ1n) is 4.83. The lowest BCUT2D eigenvalue weighted by Gasteiger charge is -2.43. The van der Waals surface area contributed by atoms with Crippen molar-refractivity contribution in [2.75, 3.05) is 6.54 Å². The highest BCUT2D eigenvalue weighted by atomic mass is 15.0. The van der Waals surface area contributed by atoms with Gasteiger partial charge in [-0.3, -0.25) is 0 Å². The smallest absolute Gasteiger partial charge is 0.0153 e. The number of rotatable bonds is 1. The lowest BCUT2D eigenvalue weighted by Crippen LogP contribution is -2.52. The molecule has 1 fully saturated rings. The van der Waals surface area contributed by atoms with E-state index >= 15 is 0 Å². The molecule has 0 radical (unpaired) electrons. The van der Waals surface area contributed by atoms with E-state index in [0.717, 1.165) is 11.8 Å². The molecule has 66 valence electrons. The zero-order valence-electron chi connectivity index (χ0n) is 8.28. The summed E-state index contributed by atoms with van der Waals surface area (Å²) in [6.07, 6.45) is 2.70. The quantitative estimate of drug-likeness (QED) is 0.613. The second kappa shape index (κ2) is 3.14. The van der Waals surface area contributed by atoms with Crippen LogP contribution in [0.3, 0.4) is 0 Å². The Morgan fingerprint density at radius 1 is 1.45 bits per heavy atom. The van der Waals surface area contributed by atoms with Crippen molar-refractivity contribution in [2.45, 2.75) is 46.1 Å².